The predicted octanol–water partition coefficient (Wildman–Crippen LogP) is 0.496. The standard InChI is InChI=1S/C11H23N3O/c1-4-6-13(5-2)7-8-14-9-12-10(3)11(14)15/h10,12H,4-9H2,1-3H3. The van der Waals surface area contributed by atoms with Crippen LogP contribution in [0.15, 0.2) is 0 Å². The van der Waals surface area contributed by atoms with Gasteiger partial charge >= 0.3 is 0 Å². The van der Waals surface area contributed by atoms with Gasteiger partial charge in [0.1, 0.15) is 0 Å². The van der Waals surface area contributed by atoms with Crippen LogP contribution in [0, 0.1) is 0 Å². The summed E-state index contributed by atoms with van der Waals surface area (Å²) in [7, 11) is 0. The van der Waals surface area contributed by atoms with E-state index in [9.17, 15) is 4.79 Å². The van der Waals surface area contributed by atoms with Gasteiger partial charge in [0.25, 0.3) is 0 Å². The molecule has 1 fully saturated rings. The summed E-state index contributed by atoms with van der Waals surface area (Å²) in [6, 6.07) is 0.00579. The first-order chi connectivity index (χ1) is 7.19. The van der Waals surface area contributed by atoms with Crippen molar-refractivity contribution < 1.29 is 4.79 Å². The Morgan fingerprint density at radius 3 is 2.67 bits per heavy atom. The zero-order valence-electron chi connectivity index (χ0n) is 10.1. The summed E-state index contributed by atoms with van der Waals surface area (Å²) in [6.45, 7) is 11.0. The fourth-order valence-electron chi connectivity index (χ4n) is 1.88. The van der Waals surface area contributed by atoms with Crippen molar-refractivity contribution in [2.45, 2.75) is 33.2 Å². The third-order valence-electron chi connectivity index (χ3n) is 2.94. The Hall–Kier alpha value is -0.610. The first-order valence-electron chi connectivity index (χ1n) is 5.93. The van der Waals surface area contributed by atoms with E-state index in [-0.39, 0.29) is 11.9 Å². The molecule has 1 amide bonds. The highest BCUT2D eigenvalue weighted by molar-refractivity contribution is 5.83. The Bertz CT molecular complexity index is 208. The maximum absolute atomic E-state index is 11.6. The number of carbonyl (C=O) groups excluding carboxylic acids is 1. The van der Waals surface area contributed by atoms with E-state index in [2.05, 4.69) is 24.1 Å². The summed E-state index contributed by atoms with van der Waals surface area (Å²) in [5, 5.41) is 3.15. The first kappa shape index (κ1) is 12.5. The third-order valence-corrected chi connectivity index (χ3v) is 2.94. The molecule has 1 saturated heterocycles. The summed E-state index contributed by atoms with van der Waals surface area (Å²) in [4.78, 5) is 15.9. The van der Waals surface area contributed by atoms with Crippen molar-refractivity contribution in [2.24, 2.45) is 0 Å². The number of amides is 1. The Morgan fingerprint density at radius 1 is 1.47 bits per heavy atom. The zero-order chi connectivity index (χ0) is 11.3. The molecule has 0 aliphatic carbocycles. The van der Waals surface area contributed by atoms with Crippen molar-refractivity contribution in [1.29, 1.82) is 0 Å². The SMILES string of the molecule is CCCN(CC)CCN1CNC(C)C1=O. The number of hydrogen-bond donors (Lipinski definition) is 1. The highest BCUT2D eigenvalue weighted by atomic mass is 16.2. The number of hydrogen-bond acceptors (Lipinski definition) is 3. The highest BCUT2D eigenvalue weighted by Gasteiger charge is 2.26. The van der Waals surface area contributed by atoms with Crippen LogP contribution in [0.1, 0.15) is 27.2 Å². The van der Waals surface area contributed by atoms with Crippen LogP contribution in [0.5, 0.6) is 0 Å². The van der Waals surface area contributed by atoms with Crippen LogP contribution in [-0.4, -0.2) is 54.6 Å². The molecule has 1 atom stereocenters. The molecular formula is C11H23N3O. The lowest BCUT2D eigenvalue weighted by atomic mass is 10.3. The molecule has 0 bridgehead atoms. The van der Waals surface area contributed by atoms with E-state index in [0.29, 0.717) is 6.67 Å². The minimum Gasteiger partial charge on any atom is -0.327 e. The lowest BCUT2D eigenvalue weighted by Gasteiger charge is -2.23. The van der Waals surface area contributed by atoms with Crippen LogP contribution in [0.2, 0.25) is 0 Å². The van der Waals surface area contributed by atoms with Crippen molar-refractivity contribution in [3.05, 3.63) is 0 Å². The van der Waals surface area contributed by atoms with E-state index in [1.807, 2.05) is 11.8 Å². The number of rotatable bonds is 6. The lowest BCUT2D eigenvalue weighted by molar-refractivity contribution is -0.128. The third kappa shape index (κ3) is 3.47. The van der Waals surface area contributed by atoms with Gasteiger partial charge in [-0.3, -0.25) is 10.1 Å². The Balaban J connectivity index is 2.27. The van der Waals surface area contributed by atoms with E-state index in [1.54, 1.807) is 0 Å². The van der Waals surface area contributed by atoms with Crippen LogP contribution in [-0.2, 0) is 4.79 Å². The molecule has 1 aliphatic heterocycles. The summed E-state index contributed by atoms with van der Waals surface area (Å²) >= 11 is 0. The second kappa shape index (κ2) is 6.08. The normalized spacial score (nSPS) is 21.7. The average molecular weight is 213 g/mol. The molecule has 0 aromatic rings. The topological polar surface area (TPSA) is 35.6 Å². The molecule has 4 nitrogen and oxygen atoms in total. The Labute approximate surface area is 92.6 Å². The van der Waals surface area contributed by atoms with Crippen LogP contribution in [0.25, 0.3) is 0 Å². The van der Waals surface area contributed by atoms with Crippen molar-refractivity contribution in [1.82, 2.24) is 15.1 Å². The number of likely N-dealkylation sites (N-methyl/N-ethyl adjacent to an activating group) is 1. The molecule has 1 rings (SSSR count). The summed E-state index contributed by atoms with van der Waals surface area (Å²) in [6.07, 6.45) is 1.18. The van der Waals surface area contributed by atoms with E-state index >= 15 is 0 Å². The largest absolute Gasteiger partial charge is 0.327 e. The lowest BCUT2D eigenvalue weighted by Crippen LogP contribution is -2.37. The van der Waals surface area contributed by atoms with E-state index in [0.717, 1.165) is 26.2 Å². The maximum Gasteiger partial charge on any atom is 0.240 e. The van der Waals surface area contributed by atoms with Gasteiger partial charge in [0, 0.05) is 13.1 Å². The van der Waals surface area contributed by atoms with Crippen molar-refractivity contribution >= 4 is 5.91 Å². The van der Waals surface area contributed by atoms with Gasteiger partial charge < -0.3 is 9.80 Å². The first-order valence-corrected chi connectivity index (χ1v) is 5.93. The van der Waals surface area contributed by atoms with E-state index in [4.69, 9.17) is 0 Å². The smallest absolute Gasteiger partial charge is 0.240 e. The van der Waals surface area contributed by atoms with E-state index in [1.165, 1.54) is 6.42 Å². The minimum atomic E-state index is 0.00579. The minimum absolute atomic E-state index is 0.00579. The number of carbonyl (C=O) groups is 1. The van der Waals surface area contributed by atoms with E-state index < -0.39 is 0 Å². The van der Waals surface area contributed by atoms with Crippen molar-refractivity contribution in [3.63, 3.8) is 0 Å². The molecular weight excluding hydrogens is 190 g/mol. The molecule has 1 unspecified atom stereocenters. The number of nitrogens with zero attached hydrogens (tertiary/aromatic N) is 2. The van der Waals surface area contributed by atoms with Gasteiger partial charge in [0.05, 0.1) is 12.7 Å². The summed E-state index contributed by atoms with van der Waals surface area (Å²) in [5.41, 5.74) is 0. The van der Waals surface area contributed by atoms with Gasteiger partial charge in [0.15, 0.2) is 0 Å². The van der Waals surface area contributed by atoms with Gasteiger partial charge in [-0.15, -0.1) is 0 Å². The number of nitrogens with one attached hydrogen (secondary N) is 1. The van der Waals surface area contributed by atoms with Crippen LogP contribution in [0.4, 0.5) is 0 Å². The fraction of sp³-hybridized carbons (Fsp3) is 0.909. The molecule has 15 heavy (non-hydrogen) atoms. The average Bonchev–Trinajstić information content (AvgIpc) is 2.55. The second-order valence-electron chi connectivity index (χ2n) is 4.12. The monoisotopic (exact) mass is 213 g/mol. The molecule has 88 valence electrons. The fourth-order valence-corrected chi connectivity index (χ4v) is 1.88. The zero-order valence-corrected chi connectivity index (χ0v) is 10.1. The van der Waals surface area contributed by atoms with Crippen LogP contribution < -0.4 is 5.32 Å². The Morgan fingerprint density at radius 2 is 2.20 bits per heavy atom. The van der Waals surface area contributed by atoms with Gasteiger partial charge in [-0.1, -0.05) is 13.8 Å². The molecule has 1 N–H and O–H groups in total. The molecule has 1 heterocycles. The molecule has 0 saturated carbocycles. The van der Waals surface area contributed by atoms with Gasteiger partial charge in [-0.25, -0.2) is 0 Å². The van der Waals surface area contributed by atoms with Crippen molar-refractivity contribution in [2.75, 3.05) is 32.8 Å². The predicted molar refractivity (Wildman–Crippen MR) is 61.6 cm³/mol. The summed E-state index contributed by atoms with van der Waals surface area (Å²) < 4.78 is 0. The summed E-state index contributed by atoms with van der Waals surface area (Å²) in [5.74, 6) is 0.238. The Kier molecular flexibility index (Phi) is 5.05. The molecule has 0 aromatic heterocycles. The molecule has 1 aliphatic rings. The van der Waals surface area contributed by atoms with Gasteiger partial charge in [-0.05, 0) is 26.4 Å². The second-order valence-corrected chi connectivity index (χ2v) is 4.12. The highest BCUT2D eigenvalue weighted by Crippen LogP contribution is 2.02. The molecule has 4 heteroatoms. The maximum atomic E-state index is 11.6. The van der Waals surface area contributed by atoms with Gasteiger partial charge in [-0.2, -0.15) is 0 Å². The molecule has 0 aromatic carbocycles. The van der Waals surface area contributed by atoms with Crippen molar-refractivity contribution in [3.8, 4) is 0 Å². The molecule has 0 radical (unpaired) electrons. The van der Waals surface area contributed by atoms with Crippen LogP contribution >= 0.6 is 0 Å². The quantitative estimate of drug-likeness (QED) is 0.698. The molecule has 0 spiro atoms. The van der Waals surface area contributed by atoms with Crippen LogP contribution in [0.3, 0.4) is 0 Å². The van der Waals surface area contributed by atoms with Gasteiger partial charge in [0.2, 0.25) is 5.91 Å².